The summed E-state index contributed by atoms with van der Waals surface area (Å²) in [6, 6.07) is 18.5. The predicted octanol–water partition coefficient (Wildman–Crippen LogP) is 3.47. The molecule has 2 N–H and O–H groups in total. The number of hydrogen-bond acceptors (Lipinski definition) is 5. The topological polar surface area (TPSA) is 80.2 Å². The average molecular weight is 364 g/mol. The Morgan fingerprint density at radius 1 is 1.07 bits per heavy atom. The van der Waals surface area contributed by atoms with E-state index in [2.05, 4.69) is 10.5 Å². The maximum Gasteiger partial charge on any atom is 0.280 e. The minimum atomic E-state index is -0.744. The van der Waals surface area contributed by atoms with Gasteiger partial charge in [0.2, 0.25) is 0 Å². The molecule has 0 aliphatic carbocycles. The van der Waals surface area contributed by atoms with Crippen molar-refractivity contribution in [1.82, 2.24) is 5.43 Å². The number of para-hydroxylation sites is 1. The van der Waals surface area contributed by atoms with Crippen molar-refractivity contribution in [3.05, 3.63) is 66.2 Å². The van der Waals surface area contributed by atoms with Gasteiger partial charge in [-0.05, 0) is 30.5 Å². The van der Waals surface area contributed by atoms with Gasteiger partial charge in [-0.15, -0.1) is 0 Å². The zero-order valence-electron chi connectivity index (χ0n) is 15.0. The maximum absolute atomic E-state index is 12.2. The van der Waals surface area contributed by atoms with Crippen molar-refractivity contribution < 1.29 is 19.4 Å². The van der Waals surface area contributed by atoms with Gasteiger partial charge in [0.05, 0.1) is 13.3 Å². The number of fused-ring (bicyclic) bond motifs is 1. The van der Waals surface area contributed by atoms with Crippen molar-refractivity contribution in [1.29, 1.82) is 0 Å². The third-order valence-corrected chi connectivity index (χ3v) is 4.05. The number of benzene rings is 3. The van der Waals surface area contributed by atoms with Crippen LogP contribution in [0.4, 0.5) is 0 Å². The van der Waals surface area contributed by atoms with E-state index < -0.39 is 12.0 Å². The number of hydrogen-bond donors (Lipinski definition) is 2. The maximum atomic E-state index is 12.2. The predicted molar refractivity (Wildman–Crippen MR) is 104 cm³/mol. The molecule has 6 heteroatoms. The Labute approximate surface area is 157 Å². The minimum Gasteiger partial charge on any atom is -0.504 e. The molecule has 0 aromatic heterocycles. The molecule has 0 saturated carbocycles. The number of nitrogens with zero attached hydrogens (tertiary/aromatic N) is 1. The molecule has 0 aliphatic heterocycles. The Morgan fingerprint density at radius 2 is 1.78 bits per heavy atom. The monoisotopic (exact) mass is 364 g/mol. The van der Waals surface area contributed by atoms with Crippen LogP contribution in [0.3, 0.4) is 0 Å². The summed E-state index contributed by atoms with van der Waals surface area (Å²) in [5.41, 5.74) is 2.85. The van der Waals surface area contributed by atoms with Gasteiger partial charge in [-0.2, -0.15) is 5.10 Å². The normalized spacial score (nSPS) is 12.1. The van der Waals surface area contributed by atoms with Crippen LogP contribution in [0.5, 0.6) is 17.2 Å². The van der Waals surface area contributed by atoms with Gasteiger partial charge in [-0.25, -0.2) is 5.43 Å². The first kappa shape index (κ1) is 18.3. The zero-order chi connectivity index (χ0) is 19.2. The lowest BCUT2D eigenvalue weighted by atomic mass is 10.1. The van der Waals surface area contributed by atoms with Crippen LogP contribution in [0.2, 0.25) is 0 Å². The molecule has 3 aromatic carbocycles. The summed E-state index contributed by atoms with van der Waals surface area (Å²) in [6.07, 6.45) is 0.604. The number of ether oxygens (including phenoxy) is 2. The summed E-state index contributed by atoms with van der Waals surface area (Å²) in [5, 5.41) is 15.9. The first-order valence-corrected chi connectivity index (χ1v) is 8.43. The number of hydrazone groups is 1. The SMILES string of the molecule is COc1cccc(/C=N/NC(=O)C(C)Oc2cccc3ccccc23)c1O. The van der Waals surface area contributed by atoms with Gasteiger partial charge in [0.25, 0.3) is 5.91 Å². The Hall–Kier alpha value is -3.54. The molecular formula is C21H20N2O4. The Morgan fingerprint density at radius 3 is 2.59 bits per heavy atom. The number of nitrogens with one attached hydrogen (secondary N) is 1. The van der Waals surface area contributed by atoms with Gasteiger partial charge in [-0.3, -0.25) is 4.79 Å². The average Bonchev–Trinajstić information content (AvgIpc) is 2.69. The molecule has 1 unspecified atom stereocenters. The van der Waals surface area contributed by atoms with Crippen LogP contribution in [0, 0.1) is 0 Å². The number of methoxy groups -OCH3 is 1. The highest BCUT2D eigenvalue weighted by atomic mass is 16.5. The number of carbonyl (C=O) groups excluding carboxylic acids is 1. The van der Waals surface area contributed by atoms with Crippen LogP contribution >= 0.6 is 0 Å². The quantitative estimate of drug-likeness (QED) is 0.518. The summed E-state index contributed by atoms with van der Waals surface area (Å²) in [4.78, 5) is 12.2. The fourth-order valence-corrected chi connectivity index (χ4v) is 2.61. The molecule has 0 aliphatic rings. The lowest BCUT2D eigenvalue weighted by Gasteiger charge is -2.14. The Kier molecular flexibility index (Phi) is 5.56. The van der Waals surface area contributed by atoms with E-state index in [0.29, 0.717) is 17.1 Å². The molecule has 0 saturated heterocycles. The fourth-order valence-electron chi connectivity index (χ4n) is 2.61. The Balaban J connectivity index is 1.66. The minimum absolute atomic E-state index is 0.0435. The summed E-state index contributed by atoms with van der Waals surface area (Å²) in [5.74, 6) is 0.516. The molecular weight excluding hydrogens is 344 g/mol. The second-order valence-corrected chi connectivity index (χ2v) is 5.87. The van der Waals surface area contributed by atoms with Crippen molar-refractivity contribution in [3.8, 4) is 17.2 Å². The van der Waals surface area contributed by atoms with Gasteiger partial charge in [0.1, 0.15) is 5.75 Å². The number of rotatable bonds is 6. The molecule has 0 heterocycles. The van der Waals surface area contributed by atoms with E-state index in [9.17, 15) is 9.90 Å². The molecule has 0 spiro atoms. The lowest BCUT2D eigenvalue weighted by Crippen LogP contribution is -2.33. The second-order valence-electron chi connectivity index (χ2n) is 5.87. The Bertz CT molecular complexity index is 980. The van der Waals surface area contributed by atoms with Crippen LogP contribution in [-0.4, -0.2) is 30.4 Å². The number of phenolic OH excluding ortho intramolecular Hbond substituents is 1. The lowest BCUT2D eigenvalue weighted by molar-refractivity contribution is -0.127. The molecule has 6 nitrogen and oxygen atoms in total. The van der Waals surface area contributed by atoms with Crippen LogP contribution in [0.25, 0.3) is 10.8 Å². The van der Waals surface area contributed by atoms with Crippen molar-refractivity contribution in [2.75, 3.05) is 7.11 Å². The van der Waals surface area contributed by atoms with Crippen LogP contribution < -0.4 is 14.9 Å². The van der Waals surface area contributed by atoms with Gasteiger partial charge < -0.3 is 14.6 Å². The molecule has 27 heavy (non-hydrogen) atoms. The first-order chi connectivity index (χ1) is 13.1. The van der Waals surface area contributed by atoms with E-state index >= 15 is 0 Å². The fraction of sp³-hybridized carbons (Fsp3) is 0.143. The van der Waals surface area contributed by atoms with E-state index in [-0.39, 0.29) is 5.75 Å². The van der Waals surface area contributed by atoms with E-state index in [4.69, 9.17) is 9.47 Å². The van der Waals surface area contributed by atoms with E-state index in [1.54, 1.807) is 25.1 Å². The molecule has 1 atom stereocenters. The van der Waals surface area contributed by atoms with E-state index in [1.807, 2.05) is 42.5 Å². The third kappa shape index (κ3) is 4.17. The zero-order valence-corrected chi connectivity index (χ0v) is 15.0. The second kappa shape index (κ2) is 8.23. The van der Waals surface area contributed by atoms with Crippen LogP contribution in [0.15, 0.2) is 65.8 Å². The number of amides is 1. The van der Waals surface area contributed by atoms with Crippen molar-refractivity contribution in [2.45, 2.75) is 13.0 Å². The summed E-state index contributed by atoms with van der Waals surface area (Å²) < 4.78 is 10.8. The largest absolute Gasteiger partial charge is 0.504 e. The molecule has 3 aromatic rings. The molecule has 1 amide bonds. The summed E-state index contributed by atoms with van der Waals surface area (Å²) in [6.45, 7) is 1.65. The molecule has 3 rings (SSSR count). The van der Waals surface area contributed by atoms with E-state index in [1.165, 1.54) is 13.3 Å². The molecule has 0 bridgehead atoms. The molecule has 0 radical (unpaired) electrons. The number of carbonyl (C=O) groups is 1. The highest BCUT2D eigenvalue weighted by Crippen LogP contribution is 2.28. The summed E-state index contributed by atoms with van der Waals surface area (Å²) >= 11 is 0. The van der Waals surface area contributed by atoms with Gasteiger partial charge in [0, 0.05) is 10.9 Å². The van der Waals surface area contributed by atoms with Crippen molar-refractivity contribution in [3.63, 3.8) is 0 Å². The highest BCUT2D eigenvalue weighted by molar-refractivity contribution is 5.89. The smallest absolute Gasteiger partial charge is 0.280 e. The van der Waals surface area contributed by atoms with Crippen LogP contribution in [0.1, 0.15) is 12.5 Å². The van der Waals surface area contributed by atoms with Gasteiger partial charge in [-0.1, -0.05) is 42.5 Å². The summed E-state index contributed by atoms with van der Waals surface area (Å²) in [7, 11) is 1.46. The standard InChI is InChI=1S/C21H20N2O4/c1-14(27-18-11-5-8-15-7-3-4-10-17(15)18)21(25)23-22-13-16-9-6-12-19(26-2)20(16)24/h3-14,24H,1-2H3,(H,23,25)/b22-13+. The molecule has 0 fully saturated rings. The number of phenols is 1. The van der Waals surface area contributed by atoms with Crippen molar-refractivity contribution >= 4 is 22.9 Å². The number of aromatic hydroxyl groups is 1. The van der Waals surface area contributed by atoms with Gasteiger partial charge in [0.15, 0.2) is 17.6 Å². The van der Waals surface area contributed by atoms with E-state index in [0.717, 1.165) is 10.8 Å². The first-order valence-electron chi connectivity index (χ1n) is 8.43. The van der Waals surface area contributed by atoms with Crippen LogP contribution in [-0.2, 0) is 4.79 Å². The molecule has 138 valence electrons. The third-order valence-electron chi connectivity index (χ3n) is 4.05. The highest BCUT2D eigenvalue weighted by Gasteiger charge is 2.15. The van der Waals surface area contributed by atoms with Gasteiger partial charge >= 0.3 is 0 Å². The van der Waals surface area contributed by atoms with Crippen molar-refractivity contribution in [2.24, 2.45) is 5.10 Å².